The van der Waals surface area contributed by atoms with Gasteiger partial charge in [-0.25, -0.2) is 0 Å². The Morgan fingerprint density at radius 3 is 2.84 bits per heavy atom. The molecule has 2 aliphatic rings. The molecule has 1 aromatic heterocycles. The summed E-state index contributed by atoms with van der Waals surface area (Å²) in [6.45, 7) is 3.47. The molecule has 166 valence electrons. The predicted octanol–water partition coefficient (Wildman–Crippen LogP) is 4.96. The molecule has 0 bridgehead atoms. The lowest BCUT2D eigenvalue weighted by molar-refractivity contribution is -0.118. The van der Waals surface area contributed by atoms with Crippen molar-refractivity contribution in [2.75, 3.05) is 30.8 Å². The molecule has 4 rings (SSSR count). The number of ether oxygens (including phenoxy) is 1. The summed E-state index contributed by atoms with van der Waals surface area (Å²) in [5.41, 5.74) is 2.13. The summed E-state index contributed by atoms with van der Waals surface area (Å²) >= 11 is 7.64. The fraction of sp³-hybridized carbons (Fsp3) is 0.478. The highest BCUT2D eigenvalue weighted by Crippen LogP contribution is 2.40. The van der Waals surface area contributed by atoms with Crippen molar-refractivity contribution < 1.29 is 14.3 Å². The van der Waals surface area contributed by atoms with Crippen LogP contribution in [0.3, 0.4) is 0 Å². The van der Waals surface area contributed by atoms with E-state index in [9.17, 15) is 9.59 Å². The van der Waals surface area contributed by atoms with Crippen LogP contribution in [0.5, 0.6) is 5.75 Å². The number of likely N-dealkylation sites (tertiary alicyclic amines) is 1. The number of amides is 2. The van der Waals surface area contributed by atoms with Crippen LogP contribution in [-0.2, 0) is 17.6 Å². The molecule has 2 N–H and O–H groups in total. The molecule has 0 radical (unpaired) electrons. The van der Waals surface area contributed by atoms with Crippen molar-refractivity contribution in [2.24, 2.45) is 0 Å². The average Bonchev–Trinajstić information content (AvgIpc) is 3.30. The molecule has 6 nitrogen and oxygen atoms in total. The number of benzene rings is 1. The summed E-state index contributed by atoms with van der Waals surface area (Å²) in [7, 11) is 1.55. The first-order chi connectivity index (χ1) is 15.0. The number of hydrogen-bond donors (Lipinski definition) is 2. The van der Waals surface area contributed by atoms with Crippen molar-refractivity contribution in [1.82, 2.24) is 4.90 Å². The topological polar surface area (TPSA) is 70.7 Å². The highest BCUT2D eigenvalue weighted by atomic mass is 35.5. The molecule has 8 heteroatoms. The third-order valence-corrected chi connectivity index (χ3v) is 7.54. The maximum atomic E-state index is 13.3. The number of nitrogens with zero attached hydrogens (tertiary/aromatic N) is 1. The highest BCUT2D eigenvalue weighted by molar-refractivity contribution is 7.17. The van der Waals surface area contributed by atoms with Crippen molar-refractivity contribution in [3.63, 3.8) is 0 Å². The molecule has 2 amide bonds. The zero-order valence-electron chi connectivity index (χ0n) is 17.9. The number of thiophene rings is 1. The molecule has 2 aromatic rings. The SMILES string of the molecule is COc1ccc(Cl)cc1NC(=O)c1c(NC(=O)CN2CCCC[C@H]2C)sc2c1CCC2. The third-order valence-electron chi connectivity index (χ3n) is 6.10. The van der Waals surface area contributed by atoms with E-state index in [1.165, 1.54) is 22.6 Å². The second kappa shape index (κ2) is 9.59. The zero-order chi connectivity index (χ0) is 22.0. The molecule has 1 fully saturated rings. The van der Waals surface area contributed by atoms with Gasteiger partial charge in [-0.1, -0.05) is 18.0 Å². The molecule has 1 aliphatic heterocycles. The van der Waals surface area contributed by atoms with Gasteiger partial charge >= 0.3 is 0 Å². The minimum atomic E-state index is -0.249. The van der Waals surface area contributed by atoms with Crippen molar-refractivity contribution in [3.05, 3.63) is 39.2 Å². The largest absolute Gasteiger partial charge is 0.495 e. The second-order valence-corrected chi connectivity index (χ2v) is 9.77. The van der Waals surface area contributed by atoms with Gasteiger partial charge in [-0.3, -0.25) is 14.5 Å². The van der Waals surface area contributed by atoms with Crippen molar-refractivity contribution in [2.45, 2.75) is 51.5 Å². The molecular formula is C23H28ClN3O3S. The predicted molar refractivity (Wildman–Crippen MR) is 126 cm³/mol. The van der Waals surface area contributed by atoms with Crippen LogP contribution in [0.2, 0.25) is 5.02 Å². The molecule has 0 spiro atoms. The Morgan fingerprint density at radius 1 is 1.23 bits per heavy atom. The Kier molecular flexibility index (Phi) is 6.84. The normalized spacial score (nSPS) is 18.5. The maximum Gasteiger partial charge on any atom is 0.259 e. The van der Waals surface area contributed by atoms with E-state index < -0.39 is 0 Å². The van der Waals surface area contributed by atoms with Crippen LogP contribution < -0.4 is 15.4 Å². The number of halogens is 1. The first-order valence-corrected chi connectivity index (χ1v) is 12.0. The number of nitrogens with one attached hydrogen (secondary N) is 2. The molecule has 1 aliphatic carbocycles. The summed E-state index contributed by atoms with van der Waals surface area (Å²) < 4.78 is 5.35. The Balaban J connectivity index is 1.54. The Hall–Kier alpha value is -2.09. The summed E-state index contributed by atoms with van der Waals surface area (Å²) in [5.74, 6) is 0.221. The summed E-state index contributed by atoms with van der Waals surface area (Å²) in [6.07, 6.45) is 6.28. The Morgan fingerprint density at radius 2 is 2.06 bits per heavy atom. The minimum Gasteiger partial charge on any atom is -0.495 e. The van der Waals surface area contributed by atoms with Gasteiger partial charge < -0.3 is 15.4 Å². The first-order valence-electron chi connectivity index (χ1n) is 10.8. The van der Waals surface area contributed by atoms with Gasteiger partial charge in [0.1, 0.15) is 10.8 Å². The lowest BCUT2D eigenvalue weighted by Gasteiger charge is -2.32. The number of piperidine rings is 1. The van der Waals surface area contributed by atoms with E-state index in [0.717, 1.165) is 44.2 Å². The van der Waals surface area contributed by atoms with Gasteiger partial charge in [-0.05, 0) is 69.3 Å². The number of carbonyl (C=O) groups excluding carboxylic acids is 2. The highest BCUT2D eigenvalue weighted by Gasteiger charge is 2.29. The van der Waals surface area contributed by atoms with Crippen LogP contribution in [0.15, 0.2) is 18.2 Å². The van der Waals surface area contributed by atoms with E-state index in [4.69, 9.17) is 16.3 Å². The summed E-state index contributed by atoms with van der Waals surface area (Å²) in [6, 6.07) is 5.51. The molecule has 2 heterocycles. The van der Waals surface area contributed by atoms with E-state index in [2.05, 4.69) is 22.5 Å². The lowest BCUT2D eigenvalue weighted by atomic mass is 10.0. The molecule has 1 atom stereocenters. The summed E-state index contributed by atoms with van der Waals surface area (Å²) in [4.78, 5) is 29.5. The average molecular weight is 462 g/mol. The standard InChI is InChI=1S/C23H28ClN3O3S/c1-14-6-3-4-11-27(14)13-20(28)26-23-21(16-7-5-8-19(16)31-23)22(29)25-17-12-15(24)9-10-18(17)30-2/h9-10,12,14H,3-8,11,13H2,1-2H3,(H,25,29)(H,26,28)/t14-/m1/s1. The fourth-order valence-corrected chi connectivity index (χ4v) is 5.91. The number of hydrogen-bond acceptors (Lipinski definition) is 5. The molecule has 0 saturated carbocycles. The van der Waals surface area contributed by atoms with Gasteiger partial charge in [-0.2, -0.15) is 0 Å². The van der Waals surface area contributed by atoms with Gasteiger partial charge in [0.05, 0.1) is 24.9 Å². The monoisotopic (exact) mass is 461 g/mol. The van der Waals surface area contributed by atoms with E-state index >= 15 is 0 Å². The Bertz CT molecular complexity index is 991. The number of fused-ring (bicyclic) bond motifs is 1. The van der Waals surface area contributed by atoms with Crippen LogP contribution in [0.25, 0.3) is 0 Å². The quantitative estimate of drug-likeness (QED) is 0.637. The number of rotatable bonds is 6. The molecular weight excluding hydrogens is 434 g/mol. The van der Waals surface area contributed by atoms with Crippen molar-refractivity contribution in [1.29, 1.82) is 0 Å². The number of carbonyl (C=O) groups is 2. The number of aryl methyl sites for hydroxylation is 1. The molecule has 0 unspecified atom stereocenters. The van der Waals surface area contributed by atoms with Crippen LogP contribution in [-0.4, -0.2) is 43.0 Å². The van der Waals surface area contributed by atoms with E-state index in [0.29, 0.717) is 39.6 Å². The second-order valence-electron chi connectivity index (χ2n) is 8.22. The van der Waals surface area contributed by atoms with Crippen LogP contribution in [0.1, 0.15) is 53.4 Å². The number of methoxy groups -OCH3 is 1. The van der Waals surface area contributed by atoms with Crippen LogP contribution in [0, 0.1) is 0 Å². The molecule has 31 heavy (non-hydrogen) atoms. The van der Waals surface area contributed by atoms with Gasteiger partial charge in [0.25, 0.3) is 5.91 Å². The smallest absolute Gasteiger partial charge is 0.259 e. The van der Waals surface area contributed by atoms with Gasteiger partial charge in [0, 0.05) is 15.9 Å². The van der Waals surface area contributed by atoms with Gasteiger partial charge in [-0.15, -0.1) is 11.3 Å². The minimum absolute atomic E-state index is 0.0666. The van der Waals surface area contributed by atoms with Gasteiger partial charge in [0.15, 0.2) is 0 Å². The molecule has 1 saturated heterocycles. The van der Waals surface area contributed by atoms with E-state index in [1.54, 1.807) is 25.3 Å². The van der Waals surface area contributed by atoms with E-state index in [1.807, 2.05) is 0 Å². The van der Waals surface area contributed by atoms with Crippen LogP contribution >= 0.6 is 22.9 Å². The summed E-state index contributed by atoms with van der Waals surface area (Å²) in [5, 5.41) is 7.11. The molecule has 1 aromatic carbocycles. The fourth-order valence-electron chi connectivity index (χ4n) is 4.44. The van der Waals surface area contributed by atoms with E-state index in [-0.39, 0.29) is 11.8 Å². The first kappa shape index (κ1) is 22.1. The maximum absolute atomic E-state index is 13.3. The Labute approximate surface area is 191 Å². The van der Waals surface area contributed by atoms with Crippen molar-refractivity contribution in [3.8, 4) is 5.75 Å². The zero-order valence-corrected chi connectivity index (χ0v) is 19.5. The van der Waals surface area contributed by atoms with Crippen molar-refractivity contribution >= 4 is 45.4 Å². The lowest BCUT2D eigenvalue weighted by Crippen LogP contribution is -2.42. The van der Waals surface area contributed by atoms with Gasteiger partial charge in [0.2, 0.25) is 5.91 Å². The number of anilines is 2. The van der Waals surface area contributed by atoms with Crippen LogP contribution in [0.4, 0.5) is 10.7 Å². The third kappa shape index (κ3) is 4.89.